The zero-order valence-corrected chi connectivity index (χ0v) is 23.6. The summed E-state index contributed by atoms with van der Waals surface area (Å²) >= 11 is 0. The smallest absolute Gasteiger partial charge is 0.218 e. The van der Waals surface area contributed by atoms with Gasteiger partial charge in [0.15, 0.2) is 0 Å². The molecule has 7 rings (SSSR count). The van der Waals surface area contributed by atoms with Crippen molar-refractivity contribution in [3.8, 4) is 22.3 Å². The van der Waals surface area contributed by atoms with Crippen LogP contribution in [-0.4, -0.2) is 0 Å². The van der Waals surface area contributed by atoms with Crippen molar-refractivity contribution in [3.05, 3.63) is 182 Å². The summed E-state index contributed by atoms with van der Waals surface area (Å²) in [5.74, 6) is 0. The van der Waals surface area contributed by atoms with E-state index in [1.807, 2.05) is 72.8 Å². The predicted molar refractivity (Wildman–Crippen MR) is 161 cm³/mol. The van der Waals surface area contributed by atoms with Crippen LogP contribution in [-0.2, 0) is 21.1 Å². The quantitative estimate of drug-likeness (QED) is 0.126. The third-order valence-electron chi connectivity index (χ3n) is 6.12. The summed E-state index contributed by atoms with van der Waals surface area (Å²) in [5, 5.41) is 4.68. The van der Waals surface area contributed by atoms with E-state index in [4.69, 9.17) is 0 Å². The molecule has 0 aromatic heterocycles. The molecule has 1 heteroatoms. The van der Waals surface area contributed by atoms with E-state index in [-0.39, 0.29) is 21.1 Å². The van der Waals surface area contributed by atoms with Gasteiger partial charge in [-0.1, -0.05) is 60.7 Å². The molecule has 0 N–H and O–H groups in total. The van der Waals surface area contributed by atoms with E-state index in [1.54, 1.807) is 0 Å². The molecule has 0 radical (unpaired) electrons. The van der Waals surface area contributed by atoms with Crippen molar-refractivity contribution in [1.29, 1.82) is 0 Å². The van der Waals surface area contributed by atoms with Crippen LogP contribution in [0.1, 0.15) is 0 Å². The van der Waals surface area contributed by atoms with Gasteiger partial charge in [0.1, 0.15) is 0 Å². The second-order valence-corrected chi connectivity index (χ2v) is 8.58. The number of rotatable bonds is 2. The standard InChI is InChI=1S/C26H16.2C6H5.Pt/c1-3-9-19(10-4-1)21-13-7-15-23-24-16-8-14-22(20-11-5-2-6-12-20)26(24)18-17-25(21)23;2*1-2-4-6-5-3-1;/h1-14,17-18H;2*1-5H;/q-2;2*-1;+4. The van der Waals surface area contributed by atoms with Gasteiger partial charge in [-0.05, 0) is 11.1 Å². The summed E-state index contributed by atoms with van der Waals surface area (Å²) in [4.78, 5) is 0. The summed E-state index contributed by atoms with van der Waals surface area (Å²) < 4.78 is 0. The molecule has 188 valence electrons. The Morgan fingerprint density at radius 2 is 0.692 bits per heavy atom. The first kappa shape index (κ1) is 27.8. The van der Waals surface area contributed by atoms with Gasteiger partial charge in [0.25, 0.3) is 0 Å². The van der Waals surface area contributed by atoms with Crippen molar-refractivity contribution in [3.63, 3.8) is 0 Å². The normalized spacial score (nSPS) is 9.85. The molecule has 0 aliphatic carbocycles. The van der Waals surface area contributed by atoms with Crippen molar-refractivity contribution >= 4 is 21.5 Å². The molecule has 0 saturated carbocycles. The van der Waals surface area contributed by atoms with E-state index in [0.717, 1.165) is 10.8 Å². The van der Waals surface area contributed by atoms with Crippen molar-refractivity contribution in [2.45, 2.75) is 0 Å². The fourth-order valence-corrected chi connectivity index (χ4v) is 4.37. The molecule has 0 unspecified atom stereocenters. The summed E-state index contributed by atoms with van der Waals surface area (Å²) in [6.07, 6.45) is 0. The number of benzene rings is 7. The Labute approximate surface area is 245 Å². The molecule has 0 nitrogen and oxygen atoms in total. The predicted octanol–water partition coefficient (Wildman–Crippen LogP) is 9.90. The average Bonchev–Trinajstić information content (AvgIpc) is 3.03. The van der Waals surface area contributed by atoms with Gasteiger partial charge in [-0.15, -0.1) is 46.2 Å². The summed E-state index contributed by atoms with van der Waals surface area (Å²) in [5.41, 5.74) is 4.93. The van der Waals surface area contributed by atoms with E-state index >= 15 is 0 Å². The molecule has 0 spiro atoms. The van der Waals surface area contributed by atoms with E-state index in [2.05, 4.69) is 109 Å². The Hall–Kier alpha value is -4.25. The van der Waals surface area contributed by atoms with Crippen LogP contribution in [0.5, 0.6) is 0 Å². The average molecular weight is 678 g/mol. The molecule has 0 amide bonds. The molecule has 0 bridgehead atoms. The van der Waals surface area contributed by atoms with Gasteiger partial charge in [0, 0.05) is 0 Å². The number of hydrogen-bond acceptors (Lipinski definition) is 0. The fourth-order valence-electron chi connectivity index (χ4n) is 4.37. The molecule has 7 aromatic carbocycles. The maximum atomic E-state index is 3.45. The van der Waals surface area contributed by atoms with E-state index < -0.39 is 0 Å². The first-order valence-electron chi connectivity index (χ1n) is 12.6. The van der Waals surface area contributed by atoms with Crippen LogP contribution in [0.4, 0.5) is 0 Å². The molecule has 0 saturated heterocycles. The molecule has 0 heterocycles. The van der Waals surface area contributed by atoms with Gasteiger partial charge >= 0.3 is 21.1 Å². The molecule has 0 aliphatic heterocycles. The maximum absolute atomic E-state index is 3.45. The van der Waals surface area contributed by atoms with Crippen LogP contribution in [0.2, 0.25) is 0 Å². The molecule has 0 aliphatic rings. The minimum Gasteiger partial charge on any atom is -0.218 e. The van der Waals surface area contributed by atoms with Crippen LogP contribution in [0.25, 0.3) is 43.8 Å². The maximum Gasteiger partial charge on any atom is 4.00 e. The van der Waals surface area contributed by atoms with Crippen LogP contribution in [0.15, 0.2) is 158 Å². The Bertz CT molecular complexity index is 1490. The summed E-state index contributed by atoms with van der Waals surface area (Å²) in [6, 6.07) is 65.7. The molecule has 39 heavy (non-hydrogen) atoms. The van der Waals surface area contributed by atoms with Crippen LogP contribution in [0.3, 0.4) is 0 Å². The van der Waals surface area contributed by atoms with Crippen LogP contribution >= 0.6 is 0 Å². The molecule has 0 atom stereocenters. The molecular formula is C38H26Pt. The molecular weight excluding hydrogens is 651 g/mol. The van der Waals surface area contributed by atoms with Gasteiger partial charge in [-0.25, -0.2) is 10.8 Å². The first-order valence-corrected chi connectivity index (χ1v) is 12.6. The van der Waals surface area contributed by atoms with Gasteiger partial charge in [-0.3, -0.25) is 0 Å². The first-order chi connectivity index (χ1) is 18.9. The second kappa shape index (κ2) is 14.6. The minimum atomic E-state index is 0. The summed E-state index contributed by atoms with van der Waals surface area (Å²) in [6.45, 7) is 0. The van der Waals surface area contributed by atoms with Gasteiger partial charge < -0.3 is 0 Å². The van der Waals surface area contributed by atoms with Crippen molar-refractivity contribution in [1.82, 2.24) is 0 Å². The van der Waals surface area contributed by atoms with Crippen molar-refractivity contribution < 1.29 is 21.1 Å². The largest absolute Gasteiger partial charge is 4.00 e. The number of fused-ring (bicyclic) bond motifs is 3. The zero-order valence-electron chi connectivity index (χ0n) is 21.3. The third kappa shape index (κ3) is 7.20. The van der Waals surface area contributed by atoms with Crippen molar-refractivity contribution in [2.24, 2.45) is 0 Å². The zero-order chi connectivity index (χ0) is 25.8. The molecule has 7 aromatic rings. The topological polar surface area (TPSA) is 0 Å². The Balaban J connectivity index is 0.000000224. The van der Waals surface area contributed by atoms with Gasteiger partial charge in [0.05, 0.1) is 0 Å². The van der Waals surface area contributed by atoms with Gasteiger partial charge in [-0.2, -0.15) is 97.1 Å². The Kier molecular flexibility index (Phi) is 10.4. The monoisotopic (exact) mass is 677 g/mol. The van der Waals surface area contributed by atoms with E-state index in [9.17, 15) is 0 Å². The van der Waals surface area contributed by atoms with Gasteiger partial charge in [0.2, 0.25) is 0 Å². The fraction of sp³-hybridized carbons (Fsp3) is 0. The summed E-state index contributed by atoms with van der Waals surface area (Å²) in [7, 11) is 0. The van der Waals surface area contributed by atoms with E-state index in [0.29, 0.717) is 0 Å². The van der Waals surface area contributed by atoms with Crippen LogP contribution < -0.4 is 0 Å². The van der Waals surface area contributed by atoms with Crippen LogP contribution in [0, 0.1) is 24.3 Å². The van der Waals surface area contributed by atoms with Crippen molar-refractivity contribution in [2.75, 3.05) is 0 Å². The van der Waals surface area contributed by atoms with E-state index in [1.165, 1.54) is 33.0 Å². The number of hydrogen-bond donors (Lipinski definition) is 0. The third-order valence-corrected chi connectivity index (χ3v) is 6.12. The SMILES string of the molecule is [Pt+4].[c-]1ccc(-c2ccccc2)c2ccc3c(-c4ccccc4)cc[c-]c3c12.[c-]1ccccc1.[c-]1ccccc1. The second-order valence-electron chi connectivity index (χ2n) is 8.58. The Morgan fingerprint density at radius 1 is 0.333 bits per heavy atom. The molecule has 0 fully saturated rings. The Morgan fingerprint density at radius 3 is 1.00 bits per heavy atom. The minimum absolute atomic E-state index is 0.